The van der Waals surface area contributed by atoms with Crippen LogP contribution in [0.25, 0.3) is 0 Å². The Morgan fingerprint density at radius 1 is 1.48 bits per heavy atom. The number of carbonyl (C=O) groups is 2. The second-order valence-electron chi connectivity index (χ2n) is 5.28. The molecule has 1 unspecified atom stereocenters. The highest BCUT2D eigenvalue weighted by molar-refractivity contribution is 5.83. The van der Waals surface area contributed by atoms with Gasteiger partial charge in [-0.3, -0.25) is 9.59 Å². The zero-order chi connectivity index (χ0) is 15.2. The third kappa shape index (κ3) is 4.73. The van der Waals surface area contributed by atoms with Crippen molar-refractivity contribution in [1.29, 1.82) is 0 Å². The molecule has 2 rings (SSSR count). The molecule has 0 radical (unpaired) electrons. The van der Waals surface area contributed by atoms with E-state index in [9.17, 15) is 9.59 Å². The number of aromatic nitrogens is 3. The quantitative estimate of drug-likeness (QED) is 0.753. The first-order valence-corrected chi connectivity index (χ1v) is 7.19. The van der Waals surface area contributed by atoms with Gasteiger partial charge in [0.05, 0.1) is 0 Å². The molecule has 0 bridgehead atoms. The van der Waals surface area contributed by atoms with Crippen molar-refractivity contribution in [1.82, 2.24) is 20.1 Å². The summed E-state index contributed by atoms with van der Waals surface area (Å²) in [5.41, 5.74) is 5.35. The van der Waals surface area contributed by atoms with Crippen LogP contribution < -0.4 is 11.1 Å². The second kappa shape index (κ2) is 7.05. The molecule has 8 heteroatoms. The highest BCUT2D eigenvalue weighted by Gasteiger charge is 2.22. The number of nitrogens with two attached hydrogens (primary N) is 1. The molecule has 1 aromatic heterocycles. The SMILES string of the molecule is CC(OC(=O)Cn1cnc(N)n1)C(=O)NC1CCCCC1. The summed E-state index contributed by atoms with van der Waals surface area (Å²) >= 11 is 0. The Balaban J connectivity index is 1.75. The molecule has 3 N–H and O–H groups in total. The van der Waals surface area contributed by atoms with Crippen molar-refractivity contribution in [2.45, 2.75) is 57.7 Å². The number of ether oxygens (including phenoxy) is 1. The van der Waals surface area contributed by atoms with Crippen molar-refractivity contribution >= 4 is 17.8 Å². The van der Waals surface area contributed by atoms with Gasteiger partial charge in [0.1, 0.15) is 12.9 Å². The minimum atomic E-state index is -0.819. The van der Waals surface area contributed by atoms with Gasteiger partial charge in [0.25, 0.3) is 5.91 Å². The summed E-state index contributed by atoms with van der Waals surface area (Å²) in [7, 11) is 0. The maximum Gasteiger partial charge on any atom is 0.328 e. The van der Waals surface area contributed by atoms with E-state index in [-0.39, 0.29) is 24.4 Å². The Bertz CT molecular complexity index is 496. The van der Waals surface area contributed by atoms with E-state index < -0.39 is 12.1 Å². The summed E-state index contributed by atoms with van der Waals surface area (Å²) in [5, 5.41) is 6.70. The lowest BCUT2D eigenvalue weighted by atomic mass is 9.95. The van der Waals surface area contributed by atoms with E-state index in [4.69, 9.17) is 10.5 Å². The third-order valence-electron chi connectivity index (χ3n) is 3.47. The lowest BCUT2D eigenvalue weighted by Gasteiger charge is -2.24. The van der Waals surface area contributed by atoms with Gasteiger partial charge in [-0.05, 0) is 19.8 Å². The summed E-state index contributed by atoms with van der Waals surface area (Å²) in [5.74, 6) is -0.717. The van der Waals surface area contributed by atoms with E-state index in [0.29, 0.717) is 0 Å². The average molecular weight is 295 g/mol. The van der Waals surface area contributed by atoms with Gasteiger partial charge in [0.15, 0.2) is 6.10 Å². The highest BCUT2D eigenvalue weighted by atomic mass is 16.5. The number of nitrogens with one attached hydrogen (secondary N) is 1. The van der Waals surface area contributed by atoms with Crippen molar-refractivity contribution in [2.24, 2.45) is 0 Å². The number of hydrogen-bond acceptors (Lipinski definition) is 6. The first kappa shape index (κ1) is 15.3. The van der Waals surface area contributed by atoms with Gasteiger partial charge in [0.2, 0.25) is 5.95 Å². The van der Waals surface area contributed by atoms with Gasteiger partial charge >= 0.3 is 5.97 Å². The summed E-state index contributed by atoms with van der Waals surface area (Å²) < 4.78 is 6.35. The number of esters is 1. The molecule has 0 saturated heterocycles. The van der Waals surface area contributed by atoms with Crippen LogP contribution in [0.1, 0.15) is 39.0 Å². The molecule has 0 spiro atoms. The zero-order valence-corrected chi connectivity index (χ0v) is 12.1. The fourth-order valence-corrected chi connectivity index (χ4v) is 2.37. The molecular formula is C13H21N5O3. The van der Waals surface area contributed by atoms with Crippen LogP contribution in [0.5, 0.6) is 0 Å². The largest absolute Gasteiger partial charge is 0.451 e. The van der Waals surface area contributed by atoms with Crippen LogP contribution in [0.3, 0.4) is 0 Å². The summed E-state index contributed by atoms with van der Waals surface area (Å²) in [4.78, 5) is 27.4. The zero-order valence-electron chi connectivity index (χ0n) is 12.1. The predicted octanol–water partition coefficient (Wildman–Crippen LogP) is 0.241. The predicted molar refractivity (Wildman–Crippen MR) is 75.0 cm³/mol. The lowest BCUT2D eigenvalue weighted by Crippen LogP contribution is -2.43. The van der Waals surface area contributed by atoms with Gasteiger partial charge < -0.3 is 15.8 Å². The van der Waals surface area contributed by atoms with E-state index in [1.807, 2.05) is 0 Å². The summed E-state index contributed by atoms with van der Waals surface area (Å²) in [6.45, 7) is 1.44. The van der Waals surface area contributed by atoms with Crippen molar-refractivity contribution in [2.75, 3.05) is 5.73 Å². The normalized spacial score (nSPS) is 17.2. The van der Waals surface area contributed by atoms with Crippen molar-refractivity contribution < 1.29 is 14.3 Å². The lowest BCUT2D eigenvalue weighted by molar-refractivity contribution is -0.155. The third-order valence-corrected chi connectivity index (χ3v) is 3.47. The maximum atomic E-state index is 12.0. The van der Waals surface area contributed by atoms with Crippen LogP contribution in [0.15, 0.2) is 6.33 Å². The number of rotatable bonds is 5. The van der Waals surface area contributed by atoms with Crippen molar-refractivity contribution in [3.63, 3.8) is 0 Å². The average Bonchev–Trinajstić information content (AvgIpc) is 2.84. The molecule has 1 amide bonds. The molecule has 1 aromatic rings. The fourth-order valence-electron chi connectivity index (χ4n) is 2.37. The Hall–Kier alpha value is -2.12. The Labute approximate surface area is 123 Å². The summed E-state index contributed by atoms with van der Waals surface area (Å²) in [6.07, 6.45) is 5.98. The summed E-state index contributed by atoms with van der Waals surface area (Å²) in [6, 6.07) is 0.197. The minimum absolute atomic E-state index is 0.0888. The van der Waals surface area contributed by atoms with E-state index in [1.165, 1.54) is 17.4 Å². The van der Waals surface area contributed by atoms with Gasteiger partial charge in [-0.1, -0.05) is 19.3 Å². The molecule has 1 fully saturated rings. The van der Waals surface area contributed by atoms with Crippen molar-refractivity contribution in [3.8, 4) is 0 Å². The molecule has 8 nitrogen and oxygen atoms in total. The van der Waals surface area contributed by atoms with Crippen LogP contribution in [0.4, 0.5) is 5.95 Å². The Morgan fingerprint density at radius 3 is 2.81 bits per heavy atom. The van der Waals surface area contributed by atoms with Gasteiger partial charge in [-0.15, -0.1) is 5.10 Å². The molecule has 0 aromatic carbocycles. The van der Waals surface area contributed by atoms with Crippen LogP contribution in [0.2, 0.25) is 0 Å². The number of anilines is 1. The van der Waals surface area contributed by atoms with E-state index >= 15 is 0 Å². The van der Waals surface area contributed by atoms with E-state index in [0.717, 1.165) is 25.7 Å². The molecule has 116 valence electrons. The van der Waals surface area contributed by atoms with Crippen LogP contribution in [-0.4, -0.2) is 38.8 Å². The highest BCUT2D eigenvalue weighted by Crippen LogP contribution is 2.17. The van der Waals surface area contributed by atoms with E-state index in [1.54, 1.807) is 6.92 Å². The molecule has 0 aliphatic heterocycles. The molecule has 1 aliphatic carbocycles. The molecule has 1 aliphatic rings. The number of nitrogen functional groups attached to an aromatic ring is 1. The number of nitrogens with zero attached hydrogens (tertiary/aromatic N) is 3. The fraction of sp³-hybridized carbons (Fsp3) is 0.692. The number of carbonyl (C=O) groups excluding carboxylic acids is 2. The molecule has 1 atom stereocenters. The van der Waals surface area contributed by atoms with E-state index in [2.05, 4.69) is 15.4 Å². The minimum Gasteiger partial charge on any atom is -0.451 e. The van der Waals surface area contributed by atoms with Gasteiger partial charge in [-0.25, -0.2) is 9.67 Å². The Kier molecular flexibility index (Phi) is 5.13. The maximum absolute atomic E-state index is 12.0. The first-order chi connectivity index (χ1) is 10.0. The number of hydrogen-bond donors (Lipinski definition) is 2. The van der Waals surface area contributed by atoms with Crippen LogP contribution in [0, 0.1) is 0 Å². The topological polar surface area (TPSA) is 112 Å². The standard InChI is InChI=1S/C13H21N5O3/c1-9(12(20)16-10-5-3-2-4-6-10)21-11(19)7-18-8-15-13(14)17-18/h8-10H,2-7H2,1H3,(H2,14,17)(H,16,20). The molecule has 1 saturated carbocycles. The van der Waals surface area contributed by atoms with Crippen LogP contribution >= 0.6 is 0 Å². The smallest absolute Gasteiger partial charge is 0.328 e. The Morgan fingerprint density at radius 2 is 2.19 bits per heavy atom. The van der Waals surface area contributed by atoms with Crippen LogP contribution in [-0.2, 0) is 20.9 Å². The number of amides is 1. The molecule has 21 heavy (non-hydrogen) atoms. The monoisotopic (exact) mass is 295 g/mol. The van der Waals surface area contributed by atoms with Crippen molar-refractivity contribution in [3.05, 3.63) is 6.33 Å². The first-order valence-electron chi connectivity index (χ1n) is 7.19. The van der Waals surface area contributed by atoms with Gasteiger partial charge in [-0.2, -0.15) is 0 Å². The van der Waals surface area contributed by atoms with Gasteiger partial charge in [0, 0.05) is 6.04 Å². The molecule has 1 heterocycles. The second-order valence-corrected chi connectivity index (χ2v) is 5.28. The molecular weight excluding hydrogens is 274 g/mol.